The minimum absolute atomic E-state index is 0.188. The predicted molar refractivity (Wildman–Crippen MR) is 110 cm³/mol. The van der Waals surface area contributed by atoms with E-state index in [1.54, 1.807) is 6.07 Å². The molecule has 1 aromatic carbocycles. The molecule has 0 unspecified atom stereocenters. The third-order valence-electron chi connectivity index (χ3n) is 5.65. The maximum Gasteiger partial charge on any atom is 0.418 e. The molecule has 0 bridgehead atoms. The predicted octanol–water partition coefficient (Wildman–Crippen LogP) is 4.65. The normalized spacial score (nSPS) is 17.9. The summed E-state index contributed by atoms with van der Waals surface area (Å²) in [4.78, 5) is 18.4. The van der Waals surface area contributed by atoms with Gasteiger partial charge in [0.2, 0.25) is 0 Å². The molecular weight excluding hydrogens is 399 g/mol. The van der Waals surface area contributed by atoms with E-state index in [9.17, 15) is 18.0 Å². The SMILES string of the molecule is CN1CCN(c2ccc(NC(=O)c3cc4c(s3)CCCC4)c(C(F)(F)F)c2)CC1. The standard InChI is InChI=1S/C21H24F3N3OS/c1-26-8-10-27(11-9-26)15-6-7-17(16(13-15)21(22,23)24)25-20(28)19-12-14-4-2-3-5-18(14)29-19/h6-7,12-13H,2-5,8-11H2,1H3,(H,25,28). The van der Waals surface area contributed by atoms with Gasteiger partial charge in [0.15, 0.2) is 0 Å². The van der Waals surface area contributed by atoms with Crippen LogP contribution in [0.2, 0.25) is 0 Å². The van der Waals surface area contributed by atoms with Gasteiger partial charge in [-0.25, -0.2) is 0 Å². The molecule has 2 heterocycles. The van der Waals surface area contributed by atoms with Gasteiger partial charge in [-0.15, -0.1) is 11.3 Å². The van der Waals surface area contributed by atoms with Crippen molar-refractivity contribution in [3.63, 3.8) is 0 Å². The summed E-state index contributed by atoms with van der Waals surface area (Å²) in [6, 6.07) is 6.03. The van der Waals surface area contributed by atoms with Crippen LogP contribution in [0.15, 0.2) is 24.3 Å². The Morgan fingerprint density at radius 1 is 1.07 bits per heavy atom. The van der Waals surface area contributed by atoms with Gasteiger partial charge in [0.1, 0.15) is 0 Å². The van der Waals surface area contributed by atoms with E-state index in [0.29, 0.717) is 23.7 Å². The molecular formula is C21H24F3N3OS. The lowest BCUT2D eigenvalue weighted by Gasteiger charge is -2.34. The van der Waals surface area contributed by atoms with E-state index < -0.39 is 17.6 Å². The number of piperazine rings is 1. The largest absolute Gasteiger partial charge is 0.418 e. The zero-order chi connectivity index (χ0) is 20.6. The number of aryl methyl sites for hydroxylation is 2. The van der Waals surface area contributed by atoms with Crippen LogP contribution in [0, 0.1) is 0 Å². The number of hydrogen-bond acceptors (Lipinski definition) is 4. The Morgan fingerprint density at radius 3 is 2.48 bits per heavy atom. The summed E-state index contributed by atoms with van der Waals surface area (Å²) in [6.45, 7) is 2.98. The fourth-order valence-electron chi connectivity index (χ4n) is 3.92. The molecule has 8 heteroatoms. The van der Waals surface area contributed by atoms with Crippen LogP contribution in [0.5, 0.6) is 0 Å². The van der Waals surface area contributed by atoms with Gasteiger partial charge in [0.05, 0.1) is 16.1 Å². The number of fused-ring (bicyclic) bond motifs is 1. The molecule has 1 aliphatic heterocycles. The first-order valence-corrected chi connectivity index (χ1v) is 10.7. The minimum atomic E-state index is -4.54. The van der Waals surface area contributed by atoms with Crippen LogP contribution < -0.4 is 10.2 Å². The summed E-state index contributed by atoms with van der Waals surface area (Å²) in [6.07, 6.45) is -0.468. The zero-order valence-electron chi connectivity index (χ0n) is 16.3. The first kappa shape index (κ1) is 20.2. The highest BCUT2D eigenvalue weighted by Gasteiger charge is 2.35. The molecule has 1 aliphatic carbocycles. The summed E-state index contributed by atoms with van der Waals surface area (Å²) in [7, 11) is 2.00. The maximum absolute atomic E-state index is 13.7. The first-order chi connectivity index (χ1) is 13.8. The van der Waals surface area contributed by atoms with Crippen molar-refractivity contribution < 1.29 is 18.0 Å². The second-order valence-corrected chi connectivity index (χ2v) is 8.88. The van der Waals surface area contributed by atoms with Gasteiger partial charge in [0.25, 0.3) is 5.91 Å². The number of hydrogen-bond donors (Lipinski definition) is 1. The van der Waals surface area contributed by atoms with Crippen molar-refractivity contribution in [2.45, 2.75) is 31.9 Å². The smallest absolute Gasteiger partial charge is 0.369 e. The molecule has 1 N–H and O–H groups in total. The van der Waals surface area contributed by atoms with Crippen LogP contribution in [0.4, 0.5) is 24.5 Å². The molecule has 1 aromatic heterocycles. The van der Waals surface area contributed by atoms with Crippen molar-refractivity contribution in [3.05, 3.63) is 45.1 Å². The molecule has 4 nitrogen and oxygen atoms in total. The van der Waals surface area contributed by atoms with E-state index in [1.807, 2.05) is 18.0 Å². The highest BCUT2D eigenvalue weighted by atomic mass is 32.1. The summed E-state index contributed by atoms with van der Waals surface area (Å²) in [5, 5.41) is 2.50. The van der Waals surface area contributed by atoms with Gasteiger partial charge in [-0.2, -0.15) is 13.2 Å². The number of anilines is 2. The van der Waals surface area contributed by atoms with Crippen molar-refractivity contribution in [1.29, 1.82) is 0 Å². The van der Waals surface area contributed by atoms with Crippen LogP contribution in [-0.2, 0) is 19.0 Å². The highest BCUT2D eigenvalue weighted by molar-refractivity contribution is 7.14. The number of carbonyl (C=O) groups excluding carboxylic acids is 1. The van der Waals surface area contributed by atoms with Gasteiger partial charge in [-0.1, -0.05) is 0 Å². The molecule has 0 atom stereocenters. The average molecular weight is 424 g/mol. The third kappa shape index (κ3) is 4.43. The lowest BCUT2D eigenvalue weighted by atomic mass is 9.99. The fourth-order valence-corrected chi connectivity index (χ4v) is 5.07. The molecule has 0 spiro atoms. The molecule has 4 rings (SSSR count). The number of amides is 1. The zero-order valence-corrected chi connectivity index (χ0v) is 17.1. The van der Waals surface area contributed by atoms with Crippen LogP contribution in [0.25, 0.3) is 0 Å². The van der Waals surface area contributed by atoms with Gasteiger partial charge in [0, 0.05) is 36.7 Å². The number of alkyl halides is 3. The van der Waals surface area contributed by atoms with Crippen LogP contribution in [0.1, 0.15) is 38.5 Å². The van der Waals surface area contributed by atoms with Crippen molar-refractivity contribution >= 4 is 28.6 Å². The first-order valence-electron chi connectivity index (χ1n) is 9.89. The topological polar surface area (TPSA) is 35.6 Å². The number of rotatable bonds is 3. The minimum Gasteiger partial charge on any atom is -0.369 e. The lowest BCUT2D eigenvalue weighted by Crippen LogP contribution is -2.44. The van der Waals surface area contributed by atoms with Gasteiger partial charge in [-0.3, -0.25) is 4.79 Å². The second kappa shape index (κ2) is 7.99. The Balaban J connectivity index is 1.57. The quantitative estimate of drug-likeness (QED) is 0.781. The molecule has 1 saturated heterocycles. The Kier molecular flexibility index (Phi) is 5.57. The third-order valence-corrected chi connectivity index (χ3v) is 6.88. The number of thiophene rings is 1. The second-order valence-electron chi connectivity index (χ2n) is 7.74. The lowest BCUT2D eigenvalue weighted by molar-refractivity contribution is -0.136. The van der Waals surface area contributed by atoms with E-state index in [2.05, 4.69) is 10.2 Å². The summed E-state index contributed by atoms with van der Waals surface area (Å²) in [5.41, 5.74) is 0.707. The molecule has 1 fully saturated rings. The van der Waals surface area contributed by atoms with E-state index in [0.717, 1.165) is 50.4 Å². The number of carbonyl (C=O) groups is 1. The Hall–Kier alpha value is -2.06. The summed E-state index contributed by atoms with van der Waals surface area (Å²) in [5.74, 6) is -0.470. The molecule has 156 valence electrons. The van der Waals surface area contributed by atoms with Crippen molar-refractivity contribution in [3.8, 4) is 0 Å². The number of benzene rings is 1. The molecule has 0 saturated carbocycles. The molecule has 1 amide bonds. The van der Waals surface area contributed by atoms with Crippen LogP contribution in [-0.4, -0.2) is 44.0 Å². The number of likely N-dealkylation sites (N-methyl/N-ethyl adjacent to an activating group) is 1. The maximum atomic E-state index is 13.7. The Labute approximate surface area is 172 Å². The number of nitrogens with one attached hydrogen (secondary N) is 1. The van der Waals surface area contributed by atoms with E-state index in [-0.39, 0.29) is 5.69 Å². The van der Waals surface area contributed by atoms with Crippen LogP contribution >= 0.6 is 11.3 Å². The van der Waals surface area contributed by atoms with E-state index >= 15 is 0 Å². The number of halogens is 3. The Bertz CT molecular complexity index is 878. The van der Waals surface area contributed by atoms with Gasteiger partial charge < -0.3 is 15.1 Å². The van der Waals surface area contributed by atoms with E-state index in [4.69, 9.17) is 0 Å². The summed E-state index contributed by atoms with van der Waals surface area (Å²) >= 11 is 1.40. The highest BCUT2D eigenvalue weighted by Crippen LogP contribution is 2.38. The van der Waals surface area contributed by atoms with Crippen molar-refractivity contribution in [2.24, 2.45) is 0 Å². The van der Waals surface area contributed by atoms with E-state index in [1.165, 1.54) is 22.3 Å². The van der Waals surface area contributed by atoms with Crippen LogP contribution in [0.3, 0.4) is 0 Å². The van der Waals surface area contributed by atoms with Gasteiger partial charge in [-0.05, 0) is 62.6 Å². The summed E-state index contributed by atoms with van der Waals surface area (Å²) < 4.78 is 41.2. The monoisotopic (exact) mass is 423 g/mol. The van der Waals surface area contributed by atoms with Crippen molar-refractivity contribution in [2.75, 3.05) is 43.4 Å². The Morgan fingerprint density at radius 2 is 1.79 bits per heavy atom. The van der Waals surface area contributed by atoms with Crippen molar-refractivity contribution in [1.82, 2.24) is 4.90 Å². The average Bonchev–Trinajstić information content (AvgIpc) is 3.12. The molecule has 2 aromatic rings. The molecule has 0 radical (unpaired) electrons. The molecule has 2 aliphatic rings. The number of nitrogens with zero attached hydrogens (tertiary/aromatic N) is 2. The van der Waals surface area contributed by atoms with Gasteiger partial charge >= 0.3 is 6.18 Å². The molecule has 29 heavy (non-hydrogen) atoms. The fraction of sp³-hybridized carbons (Fsp3) is 0.476.